The number of allylic oxidation sites excluding steroid dienone is 1. The highest BCUT2D eigenvalue weighted by molar-refractivity contribution is 5.97. The van der Waals surface area contributed by atoms with E-state index in [0.717, 1.165) is 17.5 Å². The van der Waals surface area contributed by atoms with Gasteiger partial charge in [0.15, 0.2) is 5.69 Å². The molecule has 0 aliphatic carbocycles. The van der Waals surface area contributed by atoms with Crippen molar-refractivity contribution in [3.8, 4) is 11.9 Å². The van der Waals surface area contributed by atoms with Crippen LogP contribution < -0.4 is 4.57 Å². The fourth-order valence-electron chi connectivity index (χ4n) is 3.07. The number of nitrogens with one attached hydrogen (secondary N) is 1. The van der Waals surface area contributed by atoms with Gasteiger partial charge in [-0.2, -0.15) is 5.26 Å². The normalized spacial score (nSPS) is 10.2. The van der Waals surface area contributed by atoms with E-state index < -0.39 is 0 Å². The summed E-state index contributed by atoms with van der Waals surface area (Å²) in [4.78, 5) is 9.30. The summed E-state index contributed by atoms with van der Waals surface area (Å²) < 4.78 is 1.85. The van der Waals surface area contributed by atoms with E-state index in [9.17, 15) is 5.26 Å². The minimum atomic E-state index is 0.0502. The summed E-state index contributed by atoms with van der Waals surface area (Å²) in [5.41, 5.74) is 4.11. The van der Waals surface area contributed by atoms with Crippen LogP contribution in [0.4, 0.5) is 0 Å². The average Bonchev–Trinajstić information content (AvgIpc) is 2.75. The van der Waals surface area contributed by atoms with E-state index in [1.165, 1.54) is 5.56 Å². The van der Waals surface area contributed by atoms with Crippen LogP contribution >= 0.6 is 0 Å². The molecule has 0 amide bonds. The number of nitriles is 1. The summed E-state index contributed by atoms with van der Waals surface area (Å²) in [5, 5.41) is 16.9. The van der Waals surface area contributed by atoms with Crippen molar-refractivity contribution in [3.63, 3.8) is 0 Å². The summed E-state index contributed by atoms with van der Waals surface area (Å²) in [7, 11) is 0. The molecule has 0 saturated carbocycles. The number of hydrogen-bond donors (Lipinski definition) is 1. The molecule has 2 aromatic carbocycles. The van der Waals surface area contributed by atoms with Gasteiger partial charge in [0.1, 0.15) is 17.2 Å². The van der Waals surface area contributed by atoms with Gasteiger partial charge in [0, 0.05) is 6.42 Å². The first-order valence-corrected chi connectivity index (χ1v) is 8.80. The summed E-state index contributed by atoms with van der Waals surface area (Å²) in [6.07, 6.45) is 4.63. The Morgan fingerprint density at radius 3 is 2.29 bits per heavy atom. The maximum absolute atomic E-state index is 9.43. The van der Waals surface area contributed by atoms with Crippen molar-refractivity contribution in [1.29, 1.82) is 10.7 Å². The summed E-state index contributed by atoms with van der Waals surface area (Å²) in [5.74, 6) is 2.69. The van der Waals surface area contributed by atoms with Crippen molar-refractivity contribution in [2.45, 2.75) is 6.42 Å². The first-order valence-electron chi connectivity index (χ1n) is 8.80. The van der Waals surface area contributed by atoms with Crippen LogP contribution in [-0.4, -0.2) is 15.8 Å². The third-order valence-electron chi connectivity index (χ3n) is 4.38. The minimum absolute atomic E-state index is 0.0502. The number of pyridine rings is 1. The minimum Gasteiger partial charge on any atom is -0.257 e. The fraction of sp³-hybridized carbons (Fsp3) is 0.0435. The Kier molecular flexibility index (Phi) is 4.71. The predicted octanol–water partition coefficient (Wildman–Crippen LogP) is 3.65. The molecular weight excluding hydrogens is 346 g/mol. The topological polar surface area (TPSA) is 77.3 Å². The van der Waals surface area contributed by atoms with Crippen LogP contribution in [0, 0.1) is 16.7 Å². The lowest BCUT2D eigenvalue weighted by molar-refractivity contribution is -0.600. The van der Waals surface area contributed by atoms with Crippen molar-refractivity contribution in [2.75, 3.05) is 0 Å². The number of nitrogens with zero attached hydrogens (tertiary/aromatic N) is 4. The molecule has 0 saturated heterocycles. The Morgan fingerprint density at radius 1 is 0.893 bits per heavy atom. The van der Waals surface area contributed by atoms with Gasteiger partial charge in [-0.15, -0.1) is 0 Å². The van der Waals surface area contributed by atoms with Gasteiger partial charge in [-0.3, -0.25) is 5.41 Å². The molecule has 0 aliphatic rings. The number of rotatable bonds is 4. The Balaban J connectivity index is 1.86. The molecule has 132 valence electrons. The number of fused-ring (bicyclic) bond motifs is 1. The van der Waals surface area contributed by atoms with Gasteiger partial charge < -0.3 is 0 Å². The molecule has 4 rings (SSSR count). The third kappa shape index (κ3) is 3.41. The third-order valence-corrected chi connectivity index (χ3v) is 4.38. The van der Waals surface area contributed by atoms with E-state index in [1.54, 1.807) is 0 Å². The lowest BCUT2D eigenvalue weighted by atomic mass is 10.1. The SMILES string of the molecule is N#CC(=C=N)c1nc2ccccc2nc1-[n+]1cccc(Cc2ccccc2)c1. The second-order valence-electron chi connectivity index (χ2n) is 6.28. The maximum Gasteiger partial charge on any atom is 0.356 e. The predicted molar refractivity (Wildman–Crippen MR) is 107 cm³/mol. The molecule has 5 nitrogen and oxygen atoms in total. The van der Waals surface area contributed by atoms with Crippen LogP contribution in [-0.2, 0) is 6.42 Å². The van der Waals surface area contributed by atoms with Crippen molar-refractivity contribution in [3.05, 3.63) is 95.9 Å². The van der Waals surface area contributed by atoms with Crippen molar-refractivity contribution < 1.29 is 4.57 Å². The molecule has 2 heterocycles. The van der Waals surface area contributed by atoms with E-state index >= 15 is 0 Å². The van der Waals surface area contributed by atoms with E-state index in [1.807, 2.05) is 71.6 Å². The molecule has 0 spiro atoms. The maximum atomic E-state index is 9.43. The van der Waals surface area contributed by atoms with Crippen molar-refractivity contribution in [1.82, 2.24) is 9.97 Å². The lowest BCUT2D eigenvalue weighted by Crippen LogP contribution is -2.33. The summed E-state index contributed by atoms with van der Waals surface area (Å²) >= 11 is 0. The molecule has 0 radical (unpaired) electrons. The molecule has 2 aromatic heterocycles. The molecule has 28 heavy (non-hydrogen) atoms. The van der Waals surface area contributed by atoms with Crippen molar-refractivity contribution >= 4 is 22.5 Å². The van der Waals surface area contributed by atoms with Crippen molar-refractivity contribution in [2.24, 2.45) is 0 Å². The molecule has 0 atom stereocenters. The van der Waals surface area contributed by atoms with E-state index in [0.29, 0.717) is 17.0 Å². The number of benzene rings is 2. The Bertz CT molecular complexity index is 1250. The first kappa shape index (κ1) is 17.3. The molecule has 5 heteroatoms. The van der Waals surface area contributed by atoms with Crippen LogP contribution in [0.1, 0.15) is 16.8 Å². The van der Waals surface area contributed by atoms with Gasteiger partial charge in [0.25, 0.3) is 0 Å². The zero-order chi connectivity index (χ0) is 19.3. The highest BCUT2D eigenvalue weighted by Gasteiger charge is 2.23. The van der Waals surface area contributed by atoms with Crippen LogP contribution in [0.5, 0.6) is 0 Å². The molecular formula is C23H16N5+. The van der Waals surface area contributed by atoms with E-state index in [2.05, 4.69) is 29.1 Å². The summed E-state index contributed by atoms with van der Waals surface area (Å²) in [6, 6.07) is 23.7. The largest absolute Gasteiger partial charge is 0.356 e. The van der Waals surface area contributed by atoms with Gasteiger partial charge in [-0.05, 0) is 40.2 Å². The van der Waals surface area contributed by atoms with Gasteiger partial charge in [0.05, 0.1) is 12.4 Å². The van der Waals surface area contributed by atoms with Crippen LogP contribution in [0.25, 0.3) is 22.4 Å². The molecule has 1 N–H and O–H groups in total. The second-order valence-corrected chi connectivity index (χ2v) is 6.28. The van der Waals surface area contributed by atoms with E-state index in [-0.39, 0.29) is 5.57 Å². The molecule has 4 aromatic rings. The highest BCUT2D eigenvalue weighted by Crippen LogP contribution is 2.18. The molecule has 0 unspecified atom stereocenters. The number of aromatic nitrogens is 3. The van der Waals surface area contributed by atoms with Crippen LogP contribution in [0.15, 0.2) is 79.1 Å². The molecule has 0 aliphatic heterocycles. The lowest BCUT2D eigenvalue weighted by Gasteiger charge is -2.05. The highest BCUT2D eigenvalue weighted by atomic mass is 15.1. The Hall–Kier alpha value is -4.13. The number of hydrogen-bond acceptors (Lipinski definition) is 4. The average molecular weight is 362 g/mol. The molecule has 0 bridgehead atoms. The zero-order valence-corrected chi connectivity index (χ0v) is 15.0. The smallest absolute Gasteiger partial charge is 0.257 e. The van der Waals surface area contributed by atoms with Crippen LogP contribution in [0.3, 0.4) is 0 Å². The summed E-state index contributed by atoms with van der Waals surface area (Å²) in [6.45, 7) is 0. The Labute approximate surface area is 162 Å². The number of para-hydroxylation sites is 2. The monoisotopic (exact) mass is 362 g/mol. The first-order chi connectivity index (χ1) is 13.8. The Morgan fingerprint density at radius 2 is 1.57 bits per heavy atom. The van der Waals surface area contributed by atoms with Gasteiger partial charge in [0.2, 0.25) is 5.52 Å². The van der Waals surface area contributed by atoms with Crippen LogP contribution in [0.2, 0.25) is 0 Å². The standard InChI is InChI=1S/C23H16N5/c24-14-19(15-25)22-23(27-21-11-5-4-10-20(21)26-22)28-12-6-9-18(16-28)13-17-7-2-1-3-8-17/h1-12,16,24H,13H2/q+1. The second kappa shape index (κ2) is 7.63. The van der Waals surface area contributed by atoms with Gasteiger partial charge in [-0.25, -0.2) is 9.55 Å². The van der Waals surface area contributed by atoms with E-state index in [4.69, 9.17) is 10.4 Å². The molecule has 0 fully saturated rings. The fourth-order valence-corrected chi connectivity index (χ4v) is 3.07. The quantitative estimate of drug-likeness (QED) is 0.342. The van der Waals surface area contributed by atoms with Gasteiger partial charge in [-0.1, -0.05) is 48.5 Å². The zero-order valence-electron chi connectivity index (χ0n) is 15.0. The van der Waals surface area contributed by atoms with Gasteiger partial charge >= 0.3 is 5.82 Å².